The molecule has 0 saturated heterocycles. The van der Waals surface area contributed by atoms with Gasteiger partial charge in [-0.1, -0.05) is 60.7 Å². The molecule has 0 aliphatic rings. The van der Waals surface area contributed by atoms with Crippen LogP contribution in [0.1, 0.15) is 11.1 Å². The van der Waals surface area contributed by atoms with Crippen LogP contribution in [0.3, 0.4) is 0 Å². The topological polar surface area (TPSA) is 96.9 Å². The van der Waals surface area contributed by atoms with Gasteiger partial charge < -0.3 is 15.2 Å². The molecule has 0 saturated carbocycles. The van der Waals surface area contributed by atoms with E-state index in [4.69, 9.17) is 9.57 Å². The molecule has 2 rings (SSSR count). The molecule has 2 aromatic rings. The first-order valence-electron chi connectivity index (χ1n) is 7.72. The third kappa shape index (κ3) is 6.62. The summed E-state index contributed by atoms with van der Waals surface area (Å²) in [4.78, 5) is 28.7. The molecule has 0 radical (unpaired) electrons. The highest BCUT2D eigenvalue weighted by Crippen LogP contribution is 2.01. The van der Waals surface area contributed by atoms with Crippen LogP contribution >= 0.6 is 0 Å². The van der Waals surface area contributed by atoms with Gasteiger partial charge in [-0.3, -0.25) is 9.63 Å². The SMILES string of the molecule is O=C(N[C@H](CO)C(=O)NOCc1ccccc1)OCc1ccccc1. The summed E-state index contributed by atoms with van der Waals surface area (Å²) in [7, 11) is 0. The van der Waals surface area contributed by atoms with Crippen molar-refractivity contribution in [2.45, 2.75) is 19.3 Å². The van der Waals surface area contributed by atoms with Crippen LogP contribution in [0.4, 0.5) is 4.79 Å². The van der Waals surface area contributed by atoms with Gasteiger partial charge in [-0.2, -0.15) is 0 Å². The molecular formula is C18H20N2O5. The number of amides is 2. The maximum absolute atomic E-state index is 11.9. The fraction of sp³-hybridized carbons (Fsp3) is 0.222. The quantitative estimate of drug-likeness (QED) is 0.631. The molecule has 25 heavy (non-hydrogen) atoms. The molecule has 0 heterocycles. The van der Waals surface area contributed by atoms with E-state index in [-0.39, 0.29) is 13.2 Å². The zero-order valence-electron chi connectivity index (χ0n) is 13.6. The predicted octanol–water partition coefficient (Wildman–Crippen LogP) is 1.52. The number of nitrogens with one attached hydrogen (secondary N) is 2. The van der Waals surface area contributed by atoms with Crippen LogP contribution < -0.4 is 10.8 Å². The lowest BCUT2D eigenvalue weighted by Gasteiger charge is -2.16. The van der Waals surface area contributed by atoms with Crippen molar-refractivity contribution in [1.82, 2.24) is 10.8 Å². The summed E-state index contributed by atoms with van der Waals surface area (Å²) >= 11 is 0. The minimum atomic E-state index is -1.17. The third-order valence-corrected chi connectivity index (χ3v) is 3.26. The first kappa shape index (κ1) is 18.4. The summed E-state index contributed by atoms with van der Waals surface area (Å²) < 4.78 is 5.00. The molecular weight excluding hydrogens is 324 g/mol. The second-order valence-electron chi connectivity index (χ2n) is 5.18. The van der Waals surface area contributed by atoms with Crippen LogP contribution in [0.25, 0.3) is 0 Å². The Morgan fingerprint density at radius 3 is 2.04 bits per heavy atom. The third-order valence-electron chi connectivity index (χ3n) is 3.26. The lowest BCUT2D eigenvalue weighted by molar-refractivity contribution is -0.137. The second kappa shape index (κ2) is 10.1. The molecule has 0 aromatic heterocycles. The first-order valence-corrected chi connectivity index (χ1v) is 7.72. The van der Waals surface area contributed by atoms with Gasteiger partial charge in [0.2, 0.25) is 0 Å². The normalized spacial score (nSPS) is 11.4. The van der Waals surface area contributed by atoms with Gasteiger partial charge in [0.25, 0.3) is 5.91 Å². The van der Waals surface area contributed by atoms with E-state index in [9.17, 15) is 14.7 Å². The average Bonchev–Trinajstić information content (AvgIpc) is 2.66. The van der Waals surface area contributed by atoms with E-state index >= 15 is 0 Å². The molecule has 3 N–H and O–H groups in total. The number of hydrogen-bond donors (Lipinski definition) is 3. The van der Waals surface area contributed by atoms with E-state index in [1.807, 2.05) is 48.5 Å². The summed E-state index contributed by atoms with van der Waals surface area (Å²) in [5.41, 5.74) is 3.88. The molecule has 132 valence electrons. The summed E-state index contributed by atoms with van der Waals surface area (Å²) in [6.45, 7) is -0.346. The van der Waals surface area contributed by atoms with Crippen molar-refractivity contribution in [1.29, 1.82) is 0 Å². The molecule has 0 spiro atoms. The van der Waals surface area contributed by atoms with Gasteiger partial charge in [-0.25, -0.2) is 10.3 Å². The van der Waals surface area contributed by atoms with Crippen LogP contribution in [0, 0.1) is 0 Å². The van der Waals surface area contributed by atoms with Gasteiger partial charge in [0.05, 0.1) is 13.2 Å². The zero-order valence-corrected chi connectivity index (χ0v) is 13.6. The van der Waals surface area contributed by atoms with Crippen molar-refractivity contribution >= 4 is 12.0 Å². The van der Waals surface area contributed by atoms with E-state index in [2.05, 4.69) is 10.8 Å². The largest absolute Gasteiger partial charge is 0.445 e. The average molecular weight is 344 g/mol. The summed E-state index contributed by atoms with van der Waals surface area (Å²) in [6.07, 6.45) is -0.805. The smallest absolute Gasteiger partial charge is 0.408 e. The number of ether oxygens (including phenoxy) is 1. The number of carbonyl (C=O) groups excluding carboxylic acids is 2. The van der Waals surface area contributed by atoms with E-state index in [0.29, 0.717) is 0 Å². The second-order valence-corrected chi connectivity index (χ2v) is 5.18. The highest BCUT2D eigenvalue weighted by Gasteiger charge is 2.20. The van der Waals surface area contributed by atoms with E-state index < -0.39 is 24.6 Å². The molecule has 2 amide bonds. The van der Waals surface area contributed by atoms with Gasteiger partial charge >= 0.3 is 6.09 Å². The molecule has 0 fully saturated rings. The minimum Gasteiger partial charge on any atom is -0.445 e. The zero-order chi connectivity index (χ0) is 17.9. The van der Waals surface area contributed by atoms with Crippen molar-refractivity contribution in [3.8, 4) is 0 Å². The Balaban J connectivity index is 1.72. The Hall–Kier alpha value is -2.90. The number of hydroxylamine groups is 1. The molecule has 0 unspecified atom stereocenters. The Kier molecular flexibility index (Phi) is 7.42. The van der Waals surface area contributed by atoms with Crippen molar-refractivity contribution in [3.63, 3.8) is 0 Å². The molecule has 7 heteroatoms. The maximum Gasteiger partial charge on any atom is 0.408 e. The number of alkyl carbamates (subject to hydrolysis) is 1. The van der Waals surface area contributed by atoms with Gasteiger partial charge in [0, 0.05) is 0 Å². The number of carbonyl (C=O) groups is 2. The Morgan fingerprint density at radius 1 is 0.920 bits per heavy atom. The Labute approximate surface area is 145 Å². The number of aliphatic hydroxyl groups excluding tert-OH is 1. The van der Waals surface area contributed by atoms with Crippen LogP contribution in [-0.4, -0.2) is 29.8 Å². The highest BCUT2D eigenvalue weighted by molar-refractivity contribution is 5.84. The van der Waals surface area contributed by atoms with Crippen LogP contribution in [0.15, 0.2) is 60.7 Å². The molecule has 2 aromatic carbocycles. The van der Waals surface area contributed by atoms with Crippen LogP contribution in [0.5, 0.6) is 0 Å². The van der Waals surface area contributed by atoms with E-state index in [1.165, 1.54) is 0 Å². The predicted molar refractivity (Wildman–Crippen MR) is 90.0 cm³/mol. The van der Waals surface area contributed by atoms with Gasteiger partial charge in [0.15, 0.2) is 0 Å². The lowest BCUT2D eigenvalue weighted by atomic mass is 10.2. The Morgan fingerprint density at radius 2 is 1.48 bits per heavy atom. The molecule has 0 aliphatic carbocycles. The van der Waals surface area contributed by atoms with Crippen molar-refractivity contribution in [2.24, 2.45) is 0 Å². The number of hydrogen-bond acceptors (Lipinski definition) is 5. The van der Waals surface area contributed by atoms with Crippen LogP contribution in [0.2, 0.25) is 0 Å². The van der Waals surface area contributed by atoms with Gasteiger partial charge in [-0.15, -0.1) is 0 Å². The van der Waals surface area contributed by atoms with Crippen molar-refractivity contribution in [2.75, 3.05) is 6.61 Å². The molecule has 0 aliphatic heterocycles. The van der Waals surface area contributed by atoms with E-state index in [1.54, 1.807) is 12.1 Å². The minimum absolute atomic E-state index is 0.0664. The first-order chi connectivity index (χ1) is 12.2. The van der Waals surface area contributed by atoms with Gasteiger partial charge in [0.1, 0.15) is 12.6 Å². The summed E-state index contributed by atoms with van der Waals surface area (Å²) in [6, 6.07) is 17.2. The Bertz CT molecular complexity index is 664. The summed E-state index contributed by atoms with van der Waals surface area (Å²) in [5.74, 6) is -0.671. The van der Waals surface area contributed by atoms with Crippen LogP contribution in [-0.2, 0) is 27.6 Å². The standard InChI is InChI=1S/C18H20N2O5/c21-11-16(17(22)20-25-13-15-9-5-2-6-10-15)19-18(23)24-12-14-7-3-1-4-8-14/h1-10,16,21H,11-13H2,(H,19,23)(H,20,22)/t16-/m1/s1. The van der Waals surface area contributed by atoms with Crippen molar-refractivity contribution in [3.05, 3.63) is 71.8 Å². The molecule has 7 nitrogen and oxygen atoms in total. The summed E-state index contributed by atoms with van der Waals surface area (Å²) in [5, 5.41) is 11.5. The van der Waals surface area contributed by atoms with E-state index in [0.717, 1.165) is 11.1 Å². The molecule has 1 atom stereocenters. The number of rotatable bonds is 8. The maximum atomic E-state index is 11.9. The number of benzene rings is 2. The van der Waals surface area contributed by atoms with Crippen molar-refractivity contribution < 1.29 is 24.3 Å². The number of aliphatic hydroxyl groups is 1. The fourth-order valence-electron chi connectivity index (χ4n) is 1.94. The fourth-order valence-corrected chi connectivity index (χ4v) is 1.94. The van der Waals surface area contributed by atoms with Gasteiger partial charge in [-0.05, 0) is 11.1 Å². The highest BCUT2D eigenvalue weighted by atomic mass is 16.7. The monoisotopic (exact) mass is 344 g/mol. The lowest BCUT2D eigenvalue weighted by Crippen LogP contribution is -2.48. The molecule has 0 bridgehead atoms.